The van der Waals surface area contributed by atoms with Crippen LogP contribution in [0.15, 0.2) is 29.3 Å². The number of guanidine groups is 1. The molecule has 0 aliphatic heterocycles. The lowest BCUT2D eigenvalue weighted by Crippen LogP contribution is -2.44. The molecule has 0 radical (unpaired) electrons. The Bertz CT molecular complexity index is 571. The van der Waals surface area contributed by atoms with Crippen molar-refractivity contribution in [3.05, 3.63) is 24.3 Å². The van der Waals surface area contributed by atoms with Crippen LogP contribution in [-0.2, 0) is 9.53 Å². The molecule has 26 heavy (non-hydrogen) atoms. The maximum Gasteiger partial charge on any atom is 0.325 e. The van der Waals surface area contributed by atoms with Crippen LogP contribution in [-0.4, -0.2) is 63.3 Å². The van der Waals surface area contributed by atoms with Crippen LogP contribution in [0.1, 0.15) is 20.8 Å². The van der Waals surface area contributed by atoms with Crippen molar-refractivity contribution in [1.29, 1.82) is 0 Å². The first kappa shape index (κ1) is 24.3. The normalized spacial score (nSPS) is 11.2. The fourth-order valence-corrected chi connectivity index (χ4v) is 1.99. The quantitative estimate of drug-likeness (QED) is 0.281. The number of carbonyl (C=O) groups excluding carboxylic acids is 1. The molecule has 0 amide bonds. The SMILES string of the molecule is CN=C(NCC(=O)OC(C)(C)C)N(C)CCOc1ccc(OC)cc1.I. The Morgan fingerprint density at radius 2 is 1.77 bits per heavy atom. The van der Waals surface area contributed by atoms with Crippen molar-refractivity contribution in [3.8, 4) is 11.5 Å². The van der Waals surface area contributed by atoms with E-state index in [1.807, 2.05) is 57.0 Å². The molecule has 0 heterocycles. The first-order valence-electron chi connectivity index (χ1n) is 8.15. The lowest BCUT2D eigenvalue weighted by Gasteiger charge is -2.23. The van der Waals surface area contributed by atoms with E-state index in [2.05, 4.69) is 10.3 Å². The number of nitrogens with one attached hydrogen (secondary N) is 1. The number of esters is 1. The summed E-state index contributed by atoms with van der Waals surface area (Å²) in [5.41, 5.74) is -0.500. The first-order valence-corrected chi connectivity index (χ1v) is 8.15. The van der Waals surface area contributed by atoms with Crippen molar-refractivity contribution in [2.45, 2.75) is 26.4 Å². The van der Waals surface area contributed by atoms with Crippen molar-refractivity contribution < 1.29 is 19.0 Å². The molecule has 0 spiro atoms. The molecule has 0 aliphatic rings. The van der Waals surface area contributed by atoms with Gasteiger partial charge in [0.25, 0.3) is 0 Å². The Morgan fingerprint density at radius 3 is 2.27 bits per heavy atom. The second-order valence-corrected chi connectivity index (χ2v) is 6.43. The molecule has 0 aliphatic carbocycles. The van der Waals surface area contributed by atoms with Gasteiger partial charge in [0.1, 0.15) is 30.3 Å². The summed E-state index contributed by atoms with van der Waals surface area (Å²) in [6.07, 6.45) is 0. The molecule has 0 saturated carbocycles. The van der Waals surface area contributed by atoms with Gasteiger partial charge in [-0.3, -0.25) is 9.79 Å². The highest BCUT2D eigenvalue weighted by Crippen LogP contribution is 2.16. The van der Waals surface area contributed by atoms with E-state index < -0.39 is 5.60 Å². The Morgan fingerprint density at radius 1 is 1.19 bits per heavy atom. The van der Waals surface area contributed by atoms with Gasteiger partial charge >= 0.3 is 5.97 Å². The van der Waals surface area contributed by atoms with Crippen molar-refractivity contribution >= 4 is 35.9 Å². The molecule has 1 N–H and O–H groups in total. The van der Waals surface area contributed by atoms with Crippen molar-refractivity contribution in [3.63, 3.8) is 0 Å². The van der Waals surface area contributed by atoms with Gasteiger partial charge in [-0.1, -0.05) is 0 Å². The van der Waals surface area contributed by atoms with E-state index >= 15 is 0 Å². The number of nitrogens with zero attached hydrogens (tertiary/aromatic N) is 2. The fraction of sp³-hybridized carbons (Fsp3) is 0.556. The summed E-state index contributed by atoms with van der Waals surface area (Å²) in [7, 11) is 5.17. The zero-order valence-electron chi connectivity index (χ0n) is 16.4. The number of rotatable bonds is 7. The topological polar surface area (TPSA) is 72.4 Å². The van der Waals surface area contributed by atoms with E-state index in [0.29, 0.717) is 19.1 Å². The smallest absolute Gasteiger partial charge is 0.325 e. The van der Waals surface area contributed by atoms with Crippen LogP contribution in [0.4, 0.5) is 0 Å². The minimum absolute atomic E-state index is 0. The van der Waals surface area contributed by atoms with Gasteiger partial charge in [-0.25, -0.2) is 0 Å². The third-order valence-corrected chi connectivity index (χ3v) is 3.14. The van der Waals surface area contributed by atoms with E-state index in [9.17, 15) is 4.79 Å². The number of halogens is 1. The number of methoxy groups -OCH3 is 1. The summed E-state index contributed by atoms with van der Waals surface area (Å²) < 4.78 is 16.1. The standard InChI is InChI=1S/C18H29N3O4.HI/c1-18(2,3)25-16(22)13-20-17(19-4)21(5)11-12-24-15-9-7-14(23-6)8-10-15;/h7-10H,11-13H2,1-6H3,(H,19,20);1H. The molecule has 148 valence electrons. The molecule has 0 bridgehead atoms. The molecule has 0 aromatic heterocycles. The zero-order chi connectivity index (χ0) is 18.9. The maximum absolute atomic E-state index is 11.8. The van der Waals surface area contributed by atoms with Crippen LogP contribution in [0.3, 0.4) is 0 Å². The molecule has 0 saturated heterocycles. The lowest BCUT2D eigenvalue weighted by atomic mass is 10.2. The van der Waals surface area contributed by atoms with Gasteiger partial charge in [0.2, 0.25) is 0 Å². The summed E-state index contributed by atoms with van der Waals surface area (Å²) in [5, 5.41) is 2.98. The van der Waals surface area contributed by atoms with Gasteiger partial charge in [0, 0.05) is 14.1 Å². The molecule has 0 unspecified atom stereocenters. The van der Waals surface area contributed by atoms with E-state index in [4.69, 9.17) is 14.2 Å². The molecular weight excluding hydrogens is 449 g/mol. The Labute approximate surface area is 173 Å². The number of ether oxygens (including phenoxy) is 3. The fourth-order valence-electron chi connectivity index (χ4n) is 1.99. The predicted molar refractivity (Wildman–Crippen MR) is 114 cm³/mol. The Balaban J connectivity index is 0.00000625. The second-order valence-electron chi connectivity index (χ2n) is 6.43. The molecule has 0 atom stereocenters. The third kappa shape index (κ3) is 9.69. The van der Waals surface area contributed by atoms with Crippen LogP contribution in [0.25, 0.3) is 0 Å². The highest BCUT2D eigenvalue weighted by Gasteiger charge is 2.17. The molecule has 0 fully saturated rings. The van der Waals surface area contributed by atoms with E-state index in [1.165, 1.54) is 0 Å². The average Bonchev–Trinajstić information content (AvgIpc) is 2.54. The number of aliphatic imine (C=N–C) groups is 1. The van der Waals surface area contributed by atoms with Gasteiger partial charge in [-0.05, 0) is 45.0 Å². The van der Waals surface area contributed by atoms with Crippen LogP contribution in [0.2, 0.25) is 0 Å². The van der Waals surface area contributed by atoms with Gasteiger partial charge in [0.05, 0.1) is 13.7 Å². The molecule has 8 heteroatoms. The summed E-state index contributed by atoms with van der Waals surface area (Å²) in [6.45, 7) is 6.66. The molecule has 1 rings (SSSR count). The van der Waals surface area contributed by atoms with E-state index in [0.717, 1.165) is 11.5 Å². The number of hydrogen-bond acceptors (Lipinski definition) is 5. The van der Waals surface area contributed by atoms with Crippen molar-refractivity contribution in [2.75, 3.05) is 40.9 Å². The predicted octanol–water partition coefficient (Wildman–Crippen LogP) is 2.54. The minimum Gasteiger partial charge on any atom is -0.497 e. The molecule has 1 aromatic rings. The summed E-state index contributed by atoms with van der Waals surface area (Å²) in [5.74, 6) is 1.84. The van der Waals surface area contributed by atoms with Crippen molar-refractivity contribution in [2.24, 2.45) is 4.99 Å². The summed E-state index contributed by atoms with van der Waals surface area (Å²) >= 11 is 0. The molecule has 1 aromatic carbocycles. The van der Waals surface area contributed by atoms with Crippen LogP contribution in [0.5, 0.6) is 11.5 Å². The maximum atomic E-state index is 11.8. The van der Waals surface area contributed by atoms with Gasteiger partial charge in [-0.2, -0.15) is 0 Å². The van der Waals surface area contributed by atoms with Crippen LogP contribution >= 0.6 is 24.0 Å². The van der Waals surface area contributed by atoms with Crippen molar-refractivity contribution in [1.82, 2.24) is 10.2 Å². The van der Waals surface area contributed by atoms with Crippen LogP contribution in [0, 0.1) is 0 Å². The first-order chi connectivity index (χ1) is 11.7. The second kappa shape index (κ2) is 11.8. The van der Waals surface area contributed by atoms with E-state index in [1.54, 1.807) is 14.2 Å². The summed E-state index contributed by atoms with van der Waals surface area (Å²) in [6, 6.07) is 7.41. The van der Waals surface area contributed by atoms with Gasteiger partial charge in [-0.15, -0.1) is 24.0 Å². The van der Waals surface area contributed by atoms with Crippen LogP contribution < -0.4 is 14.8 Å². The zero-order valence-corrected chi connectivity index (χ0v) is 18.7. The number of likely N-dealkylation sites (N-methyl/N-ethyl adjacent to an activating group) is 1. The minimum atomic E-state index is -0.500. The molecule has 7 nitrogen and oxygen atoms in total. The third-order valence-electron chi connectivity index (χ3n) is 3.14. The largest absolute Gasteiger partial charge is 0.497 e. The summed E-state index contributed by atoms with van der Waals surface area (Å²) in [4.78, 5) is 17.8. The molecular formula is C18H30IN3O4. The number of carbonyl (C=O) groups is 1. The number of hydrogen-bond donors (Lipinski definition) is 1. The average molecular weight is 479 g/mol. The highest BCUT2D eigenvalue weighted by molar-refractivity contribution is 14.0. The lowest BCUT2D eigenvalue weighted by molar-refractivity contribution is -0.153. The highest BCUT2D eigenvalue weighted by atomic mass is 127. The number of benzene rings is 1. The Kier molecular flexibility index (Phi) is 11.0. The van der Waals surface area contributed by atoms with Gasteiger partial charge < -0.3 is 24.4 Å². The monoisotopic (exact) mass is 479 g/mol. The Hall–Kier alpha value is -1.71. The van der Waals surface area contributed by atoms with E-state index in [-0.39, 0.29) is 36.5 Å². The van der Waals surface area contributed by atoms with Gasteiger partial charge in [0.15, 0.2) is 5.96 Å².